The zero-order valence-electron chi connectivity index (χ0n) is 9.23. The number of anilines is 1. The van der Waals surface area contributed by atoms with Gasteiger partial charge in [-0.2, -0.15) is 0 Å². The monoisotopic (exact) mass is 262 g/mol. The number of nitrogens with zero attached hydrogens (tertiary/aromatic N) is 1. The number of carbonyl (C=O) groups is 1. The molecule has 88 valence electrons. The number of carbonyl (C=O) groups excluding carboxylic acids is 1. The second-order valence-electron chi connectivity index (χ2n) is 3.22. The number of hydrogen-bond acceptors (Lipinski definition) is 3. The van der Waals surface area contributed by atoms with Gasteiger partial charge in [0, 0.05) is 6.92 Å². The molecule has 0 aliphatic rings. The molecular weight excluding hydrogens is 247 g/mol. The maximum atomic E-state index is 10.9. The molecule has 0 spiro atoms. The fourth-order valence-electron chi connectivity index (χ4n) is 1.21. The molecule has 0 unspecified atom stereocenters. The van der Waals surface area contributed by atoms with Gasteiger partial charge in [0.15, 0.2) is 5.17 Å². The summed E-state index contributed by atoms with van der Waals surface area (Å²) < 4.78 is 0. The van der Waals surface area contributed by atoms with Gasteiger partial charge in [-0.1, -0.05) is 19.1 Å². The van der Waals surface area contributed by atoms with Crippen LogP contribution in [0.25, 0.3) is 0 Å². The van der Waals surface area contributed by atoms with Crippen molar-refractivity contribution < 1.29 is 9.63 Å². The van der Waals surface area contributed by atoms with E-state index in [4.69, 9.17) is 10.2 Å². The van der Waals surface area contributed by atoms with Crippen molar-refractivity contribution in [2.24, 2.45) is 0 Å². The Morgan fingerprint density at radius 3 is 2.29 bits per heavy atom. The molecule has 0 heterocycles. The Balaban J connectivity index is 0.00000256. The molecule has 4 nitrogen and oxygen atoms in total. The third-order valence-corrected chi connectivity index (χ3v) is 2.17. The Kier molecular flexibility index (Phi) is 7.54. The van der Waals surface area contributed by atoms with Gasteiger partial charge in [0.2, 0.25) is 0 Å². The Morgan fingerprint density at radius 1 is 1.41 bits per heavy atom. The Bertz CT molecular complexity index is 395. The zero-order valence-corrected chi connectivity index (χ0v) is 10.1. The molecule has 0 saturated heterocycles. The summed E-state index contributed by atoms with van der Waals surface area (Å²) in [5.74, 6) is -0.488. The Labute approximate surface area is 128 Å². The third kappa shape index (κ3) is 5.12. The first-order chi connectivity index (χ1) is 7.54. The van der Waals surface area contributed by atoms with E-state index in [0.717, 1.165) is 11.5 Å². The number of rotatable bonds is 2. The van der Waals surface area contributed by atoms with Crippen LogP contribution in [0, 0.1) is 5.41 Å². The summed E-state index contributed by atoms with van der Waals surface area (Å²) in [6, 6.07) is 7.41. The average molecular weight is 262 g/mol. The molecule has 1 aromatic carbocycles. The van der Waals surface area contributed by atoms with Crippen molar-refractivity contribution in [3.8, 4) is 0 Å². The Morgan fingerprint density at radius 2 is 1.94 bits per heavy atom. The van der Waals surface area contributed by atoms with Gasteiger partial charge >= 0.3 is 35.5 Å². The molecular formula is C11H15N2NaO2S. The molecule has 17 heavy (non-hydrogen) atoms. The van der Waals surface area contributed by atoms with Crippen molar-refractivity contribution in [1.29, 1.82) is 5.41 Å². The molecule has 1 aromatic rings. The summed E-state index contributed by atoms with van der Waals surface area (Å²) in [6.07, 6.45) is 0.937. The van der Waals surface area contributed by atoms with Crippen LogP contribution in [0.5, 0.6) is 0 Å². The van der Waals surface area contributed by atoms with E-state index in [-0.39, 0.29) is 34.7 Å². The molecule has 0 saturated carbocycles. The van der Waals surface area contributed by atoms with Gasteiger partial charge in [-0.25, -0.2) is 4.79 Å². The van der Waals surface area contributed by atoms with Crippen molar-refractivity contribution in [1.82, 2.24) is 0 Å². The fraction of sp³-hybridized carbons (Fsp3) is 0.273. The first-order valence-corrected chi connectivity index (χ1v) is 5.34. The molecule has 6 heteroatoms. The molecule has 0 amide bonds. The number of amidine groups is 1. The summed E-state index contributed by atoms with van der Waals surface area (Å²) in [7, 11) is 0. The number of hydrogen-bond donors (Lipinski definition) is 2. The van der Waals surface area contributed by atoms with Crippen molar-refractivity contribution in [3.63, 3.8) is 0 Å². The predicted octanol–water partition coefficient (Wildman–Crippen LogP) is 1.75. The summed E-state index contributed by atoms with van der Waals surface area (Å²) in [5.41, 5.74) is 1.78. The summed E-state index contributed by atoms with van der Waals surface area (Å²) in [6.45, 7) is 3.34. The van der Waals surface area contributed by atoms with Crippen LogP contribution in [0.2, 0.25) is 0 Å². The van der Waals surface area contributed by atoms with E-state index in [9.17, 15) is 4.79 Å². The molecule has 1 rings (SSSR count). The molecule has 0 aliphatic heterocycles. The van der Waals surface area contributed by atoms with Crippen molar-refractivity contribution in [2.75, 3.05) is 5.06 Å². The Hall–Kier alpha value is -0.490. The number of nitrogens with one attached hydrogen (secondary N) is 1. The summed E-state index contributed by atoms with van der Waals surface area (Å²) >= 11 is 3.86. The molecule has 0 atom stereocenters. The second kappa shape index (κ2) is 7.76. The van der Waals surface area contributed by atoms with Crippen molar-refractivity contribution >= 4 is 59.0 Å². The molecule has 0 bridgehead atoms. The van der Waals surface area contributed by atoms with E-state index in [1.54, 1.807) is 12.1 Å². The number of benzene rings is 1. The van der Waals surface area contributed by atoms with E-state index in [0.29, 0.717) is 5.69 Å². The quantitative estimate of drug-likeness (QED) is 0.281. The summed E-state index contributed by atoms with van der Waals surface area (Å²) in [4.78, 5) is 15.7. The van der Waals surface area contributed by atoms with E-state index < -0.39 is 5.97 Å². The average Bonchev–Trinajstić information content (AvgIpc) is 2.25. The van der Waals surface area contributed by atoms with Crippen LogP contribution in [0.1, 0.15) is 19.4 Å². The second-order valence-corrected chi connectivity index (χ2v) is 3.64. The van der Waals surface area contributed by atoms with Crippen LogP contribution in [-0.2, 0) is 16.1 Å². The van der Waals surface area contributed by atoms with E-state index >= 15 is 0 Å². The van der Waals surface area contributed by atoms with Gasteiger partial charge in [0.25, 0.3) is 0 Å². The minimum absolute atomic E-state index is 0. The van der Waals surface area contributed by atoms with E-state index in [2.05, 4.69) is 19.6 Å². The van der Waals surface area contributed by atoms with Gasteiger partial charge in [-0.15, -0.1) is 17.7 Å². The van der Waals surface area contributed by atoms with Crippen LogP contribution in [0.3, 0.4) is 0 Å². The van der Waals surface area contributed by atoms with Crippen molar-refractivity contribution in [2.45, 2.75) is 20.3 Å². The molecule has 1 N–H and O–H groups in total. The number of thiol groups is 1. The molecule has 0 aromatic heterocycles. The first kappa shape index (κ1) is 16.5. The van der Waals surface area contributed by atoms with Crippen LogP contribution in [0.4, 0.5) is 5.69 Å². The SMILES string of the molecule is CCc1ccc(N(OC(C)=O)C(=N)S)cc1.[NaH]. The predicted molar refractivity (Wildman–Crippen MR) is 73.9 cm³/mol. The van der Waals surface area contributed by atoms with Gasteiger partial charge < -0.3 is 4.84 Å². The maximum absolute atomic E-state index is 10.9. The van der Waals surface area contributed by atoms with Crippen molar-refractivity contribution in [3.05, 3.63) is 29.8 Å². The van der Waals surface area contributed by atoms with Crippen LogP contribution in [-0.4, -0.2) is 40.7 Å². The van der Waals surface area contributed by atoms with Gasteiger partial charge in [-0.3, -0.25) is 5.41 Å². The summed E-state index contributed by atoms with van der Waals surface area (Å²) in [5, 5.41) is 8.33. The molecule has 0 fully saturated rings. The van der Waals surface area contributed by atoms with Gasteiger partial charge in [-0.05, 0) is 24.1 Å². The number of aryl methyl sites for hydroxylation is 1. The normalized spacial score (nSPS) is 9.12. The fourth-order valence-corrected chi connectivity index (χ4v) is 1.37. The third-order valence-electron chi connectivity index (χ3n) is 1.99. The van der Waals surface area contributed by atoms with Gasteiger partial charge in [0.05, 0.1) is 5.69 Å². The topological polar surface area (TPSA) is 53.4 Å². The van der Waals surface area contributed by atoms with E-state index in [1.807, 2.05) is 12.1 Å². The number of hydroxylamine groups is 1. The molecule has 0 aliphatic carbocycles. The van der Waals surface area contributed by atoms with Crippen LogP contribution >= 0.6 is 12.6 Å². The van der Waals surface area contributed by atoms with Crippen LogP contribution < -0.4 is 5.06 Å². The van der Waals surface area contributed by atoms with Crippen LogP contribution in [0.15, 0.2) is 24.3 Å². The zero-order chi connectivity index (χ0) is 12.1. The standard InChI is InChI=1S/C11H14N2O2S.Na.H/c1-3-9-4-6-10(7-5-9)13(11(12)16)15-8(2)14;;/h4-7H,3H2,1-2H3,(H2,12,16);;. The minimum atomic E-state index is -0.488. The van der Waals surface area contributed by atoms with Gasteiger partial charge in [0.1, 0.15) is 0 Å². The molecule has 0 radical (unpaired) electrons. The van der Waals surface area contributed by atoms with E-state index in [1.165, 1.54) is 12.5 Å². The first-order valence-electron chi connectivity index (χ1n) is 4.89.